The molecule has 1 amide bonds. The van der Waals surface area contributed by atoms with Crippen LogP contribution < -0.4 is 10.5 Å². The standard InChI is InChI=1S/C28H26N6O2/c1-2-24(35)33-16-6-9-22(18-33)34-28-25(27(29)30-19-31-28)26(32-34)21-14-12-20(13-15-21)8-7-17-36-23-10-4-3-5-11-23/h2-5,10-15,19,22H,1,6,9,16-18H2,(H2,29,30,31)/t22-/m1/s1. The Kier molecular flexibility index (Phi) is 6.63. The van der Waals surface area contributed by atoms with Gasteiger partial charge in [-0.15, -0.1) is 0 Å². The molecule has 0 aliphatic carbocycles. The van der Waals surface area contributed by atoms with E-state index < -0.39 is 0 Å². The zero-order valence-corrected chi connectivity index (χ0v) is 19.8. The molecule has 5 rings (SSSR count). The van der Waals surface area contributed by atoms with Gasteiger partial charge in [-0.2, -0.15) is 5.10 Å². The molecule has 1 saturated heterocycles. The minimum Gasteiger partial charge on any atom is -0.481 e. The highest BCUT2D eigenvalue weighted by Gasteiger charge is 2.27. The third kappa shape index (κ3) is 4.77. The van der Waals surface area contributed by atoms with Crippen LogP contribution in [0, 0.1) is 11.8 Å². The minimum atomic E-state index is -0.0728. The average Bonchev–Trinajstić information content (AvgIpc) is 3.33. The van der Waals surface area contributed by atoms with Gasteiger partial charge < -0.3 is 15.4 Å². The Morgan fingerprint density at radius 3 is 2.75 bits per heavy atom. The molecule has 0 bridgehead atoms. The molecule has 1 atom stereocenters. The lowest BCUT2D eigenvalue weighted by molar-refractivity contribution is -0.127. The molecule has 1 fully saturated rings. The van der Waals surface area contributed by atoms with Crippen LogP contribution in [0.2, 0.25) is 0 Å². The molecular formula is C28H26N6O2. The number of fused-ring (bicyclic) bond motifs is 1. The Bertz CT molecular complexity index is 1450. The fourth-order valence-corrected chi connectivity index (χ4v) is 4.42. The Morgan fingerprint density at radius 2 is 1.97 bits per heavy atom. The number of likely N-dealkylation sites (tertiary alicyclic amines) is 1. The number of benzene rings is 2. The third-order valence-corrected chi connectivity index (χ3v) is 6.19. The van der Waals surface area contributed by atoms with Crippen molar-refractivity contribution in [3.8, 4) is 28.8 Å². The van der Waals surface area contributed by atoms with Gasteiger partial charge in [0.1, 0.15) is 30.2 Å². The second kappa shape index (κ2) is 10.3. The first-order chi connectivity index (χ1) is 17.6. The van der Waals surface area contributed by atoms with Crippen molar-refractivity contribution in [3.05, 3.63) is 79.1 Å². The number of hydrogen-bond donors (Lipinski definition) is 1. The monoisotopic (exact) mass is 478 g/mol. The summed E-state index contributed by atoms with van der Waals surface area (Å²) in [4.78, 5) is 22.7. The van der Waals surface area contributed by atoms with Crippen molar-refractivity contribution < 1.29 is 9.53 Å². The summed E-state index contributed by atoms with van der Waals surface area (Å²) in [7, 11) is 0. The maximum Gasteiger partial charge on any atom is 0.246 e. The third-order valence-electron chi connectivity index (χ3n) is 6.19. The van der Waals surface area contributed by atoms with Crippen LogP contribution in [-0.2, 0) is 4.79 Å². The number of carbonyl (C=O) groups is 1. The van der Waals surface area contributed by atoms with Gasteiger partial charge in [0.25, 0.3) is 0 Å². The Hall–Kier alpha value is -4.64. The summed E-state index contributed by atoms with van der Waals surface area (Å²) in [6, 6.07) is 17.4. The zero-order valence-electron chi connectivity index (χ0n) is 19.8. The van der Waals surface area contributed by atoms with Crippen molar-refractivity contribution in [3.63, 3.8) is 0 Å². The van der Waals surface area contributed by atoms with Crippen LogP contribution in [0.1, 0.15) is 24.4 Å². The van der Waals surface area contributed by atoms with Crippen molar-refractivity contribution in [2.75, 3.05) is 25.4 Å². The lowest BCUT2D eigenvalue weighted by atomic mass is 10.1. The molecule has 0 radical (unpaired) electrons. The summed E-state index contributed by atoms with van der Waals surface area (Å²) in [5.41, 5.74) is 9.41. The van der Waals surface area contributed by atoms with Gasteiger partial charge in [0.15, 0.2) is 5.65 Å². The largest absolute Gasteiger partial charge is 0.481 e. The molecule has 1 aliphatic rings. The Balaban J connectivity index is 1.40. The summed E-state index contributed by atoms with van der Waals surface area (Å²) >= 11 is 0. The van der Waals surface area contributed by atoms with Crippen LogP contribution in [-0.4, -0.2) is 50.3 Å². The highest BCUT2D eigenvalue weighted by Crippen LogP contribution is 2.33. The lowest BCUT2D eigenvalue weighted by Crippen LogP contribution is -2.40. The summed E-state index contributed by atoms with van der Waals surface area (Å²) in [6.45, 7) is 5.18. The topological polar surface area (TPSA) is 99.2 Å². The molecule has 1 aliphatic heterocycles. The molecule has 0 unspecified atom stereocenters. The van der Waals surface area contributed by atoms with E-state index in [1.807, 2.05) is 59.3 Å². The number of amides is 1. The molecule has 180 valence electrons. The first-order valence-electron chi connectivity index (χ1n) is 11.8. The van der Waals surface area contributed by atoms with Gasteiger partial charge in [-0.1, -0.05) is 48.8 Å². The average molecular weight is 479 g/mol. The highest BCUT2D eigenvalue weighted by molar-refractivity contribution is 5.98. The number of aromatic nitrogens is 4. The number of ether oxygens (including phenoxy) is 1. The molecule has 36 heavy (non-hydrogen) atoms. The molecule has 8 heteroatoms. The molecule has 0 saturated carbocycles. The number of nitrogens with zero attached hydrogens (tertiary/aromatic N) is 5. The van der Waals surface area contributed by atoms with E-state index in [2.05, 4.69) is 28.4 Å². The van der Waals surface area contributed by atoms with E-state index in [1.54, 1.807) is 4.90 Å². The SMILES string of the molecule is C=CC(=O)N1CCC[C@@H](n2nc(-c3ccc(C#CCOc4ccccc4)cc3)c3c(N)ncnc32)C1. The van der Waals surface area contributed by atoms with E-state index in [1.165, 1.54) is 12.4 Å². The van der Waals surface area contributed by atoms with Crippen molar-refractivity contribution in [1.29, 1.82) is 0 Å². The molecule has 0 spiro atoms. The quantitative estimate of drug-likeness (QED) is 0.346. The van der Waals surface area contributed by atoms with Crippen LogP contribution in [0.25, 0.3) is 22.3 Å². The Morgan fingerprint density at radius 1 is 1.17 bits per heavy atom. The first-order valence-corrected chi connectivity index (χ1v) is 11.8. The van der Waals surface area contributed by atoms with Crippen LogP contribution >= 0.6 is 0 Å². The zero-order chi connectivity index (χ0) is 24.9. The number of anilines is 1. The van der Waals surface area contributed by atoms with Crippen LogP contribution in [0.3, 0.4) is 0 Å². The van der Waals surface area contributed by atoms with E-state index in [9.17, 15) is 4.79 Å². The van der Waals surface area contributed by atoms with E-state index in [-0.39, 0.29) is 11.9 Å². The van der Waals surface area contributed by atoms with Gasteiger partial charge in [-0.25, -0.2) is 14.6 Å². The minimum absolute atomic E-state index is 0.0112. The highest BCUT2D eigenvalue weighted by atomic mass is 16.5. The summed E-state index contributed by atoms with van der Waals surface area (Å²) < 4.78 is 7.52. The molecule has 8 nitrogen and oxygen atoms in total. The number of para-hydroxylation sites is 1. The number of nitrogens with two attached hydrogens (primary N) is 1. The van der Waals surface area contributed by atoms with Gasteiger partial charge >= 0.3 is 0 Å². The van der Waals surface area contributed by atoms with Gasteiger partial charge in [-0.3, -0.25) is 4.79 Å². The molecular weight excluding hydrogens is 452 g/mol. The van der Waals surface area contributed by atoms with Crippen LogP contribution in [0.5, 0.6) is 5.75 Å². The first kappa shape index (κ1) is 23.1. The molecule has 2 aromatic carbocycles. The van der Waals surface area contributed by atoms with E-state index in [0.29, 0.717) is 42.2 Å². The van der Waals surface area contributed by atoms with E-state index >= 15 is 0 Å². The molecule has 3 heterocycles. The maximum absolute atomic E-state index is 12.2. The summed E-state index contributed by atoms with van der Waals surface area (Å²) in [5.74, 6) is 7.26. The smallest absolute Gasteiger partial charge is 0.246 e. The summed E-state index contributed by atoms with van der Waals surface area (Å²) in [6.07, 6.45) is 4.57. The predicted octanol–water partition coefficient (Wildman–Crippen LogP) is 3.86. The molecule has 4 aromatic rings. The molecule has 2 N–H and O–H groups in total. The normalized spacial score (nSPS) is 15.2. The van der Waals surface area contributed by atoms with Crippen molar-refractivity contribution >= 4 is 22.8 Å². The summed E-state index contributed by atoms with van der Waals surface area (Å²) in [5, 5.41) is 5.62. The maximum atomic E-state index is 12.2. The predicted molar refractivity (Wildman–Crippen MR) is 139 cm³/mol. The number of hydrogen-bond acceptors (Lipinski definition) is 6. The number of piperidine rings is 1. The number of carbonyl (C=O) groups excluding carboxylic acids is 1. The lowest BCUT2D eigenvalue weighted by Gasteiger charge is -2.32. The second-order valence-corrected chi connectivity index (χ2v) is 8.52. The van der Waals surface area contributed by atoms with Gasteiger partial charge in [0.2, 0.25) is 5.91 Å². The van der Waals surface area contributed by atoms with Crippen molar-refractivity contribution in [1.82, 2.24) is 24.6 Å². The van der Waals surface area contributed by atoms with Gasteiger partial charge in [0, 0.05) is 24.2 Å². The number of nitrogen functional groups attached to an aromatic ring is 1. The van der Waals surface area contributed by atoms with Gasteiger partial charge in [-0.05, 0) is 43.2 Å². The fourth-order valence-electron chi connectivity index (χ4n) is 4.42. The Labute approximate surface area is 209 Å². The molecule has 2 aromatic heterocycles. The number of rotatable bonds is 5. The van der Waals surface area contributed by atoms with Crippen LogP contribution in [0.15, 0.2) is 73.6 Å². The second-order valence-electron chi connectivity index (χ2n) is 8.52. The fraction of sp³-hybridized carbons (Fsp3) is 0.214. The van der Waals surface area contributed by atoms with Crippen LogP contribution in [0.4, 0.5) is 5.82 Å². The van der Waals surface area contributed by atoms with Gasteiger partial charge in [0.05, 0.1) is 11.4 Å². The van der Waals surface area contributed by atoms with Crippen molar-refractivity contribution in [2.24, 2.45) is 0 Å². The van der Waals surface area contributed by atoms with E-state index in [0.717, 1.165) is 29.7 Å². The van der Waals surface area contributed by atoms with E-state index in [4.69, 9.17) is 15.6 Å². The van der Waals surface area contributed by atoms with Crippen molar-refractivity contribution in [2.45, 2.75) is 18.9 Å².